The molecule has 4 N–H and O–H groups in total. The topological polar surface area (TPSA) is 52.0 Å². The van der Waals surface area contributed by atoms with Gasteiger partial charge in [-0.25, -0.2) is 13.2 Å². The van der Waals surface area contributed by atoms with Crippen LogP contribution in [-0.2, 0) is 0 Å². The molecule has 78 valence electrons. The van der Waals surface area contributed by atoms with Crippen LogP contribution in [0.5, 0.6) is 0 Å². The van der Waals surface area contributed by atoms with Crippen molar-refractivity contribution in [2.75, 3.05) is 5.73 Å². The molecule has 0 unspecified atom stereocenters. The minimum Gasteiger partial charge on any atom is -0.397 e. The largest absolute Gasteiger partial charge is 0.397 e. The third kappa shape index (κ3) is 2.68. The Bertz CT molecular complexity index is 405. The molecule has 1 aromatic rings. The van der Waals surface area contributed by atoms with Crippen molar-refractivity contribution in [3.63, 3.8) is 0 Å². The average Bonchev–Trinajstić information content (AvgIpc) is 2.13. The van der Waals surface area contributed by atoms with Gasteiger partial charge in [-0.05, 0) is 12.1 Å². The number of hydrogen-bond acceptors (Lipinski definition) is 2. The smallest absolute Gasteiger partial charge is 0.277 e. The van der Waals surface area contributed by atoms with E-state index in [-0.39, 0.29) is 16.7 Å². The maximum Gasteiger partial charge on any atom is 0.277 e. The molecule has 2 nitrogen and oxygen atoms in total. The van der Waals surface area contributed by atoms with Crippen LogP contribution in [0, 0.1) is 5.82 Å². The van der Waals surface area contributed by atoms with Crippen LogP contribution < -0.4 is 16.9 Å². The van der Waals surface area contributed by atoms with Crippen LogP contribution in [-0.4, -0.2) is 14.3 Å². The molecule has 0 aromatic heterocycles. The van der Waals surface area contributed by atoms with E-state index in [4.69, 9.17) is 19.3 Å². The van der Waals surface area contributed by atoms with Crippen molar-refractivity contribution in [3.8, 4) is 0 Å². The molecule has 0 aliphatic carbocycles. The van der Waals surface area contributed by atoms with Crippen LogP contribution in [0.25, 0.3) is 6.08 Å². The second kappa shape index (κ2) is 4.29. The van der Waals surface area contributed by atoms with Crippen LogP contribution in [0.15, 0.2) is 17.8 Å². The minimum absolute atomic E-state index is 0.0466. The molecule has 2 radical (unpaired) electrons. The summed E-state index contributed by atoms with van der Waals surface area (Å²) in [6.45, 7) is 0. The Kier molecular flexibility index (Phi) is 3.29. The predicted molar refractivity (Wildman–Crippen MR) is 54.4 cm³/mol. The highest BCUT2D eigenvalue weighted by atomic mass is 19.3. The summed E-state index contributed by atoms with van der Waals surface area (Å²) in [7, 11) is 5.33. The Balaban J connectivity index is 3.21. The molecular weight excluding hydrogens is 204 g/mol. The highest BCUT2D eigenvalue weighted by Crippen LogP contribution is 2.18. The quantitative estimate of drug-likeness (QED) is 0.561. The maximum absolute atomic E-state index is 13.0. The zero-order valence-electron chi connectivity index (χ0n) is 7.68. The molecule has 1 aromatic carbocycles. The lowest BCUT2D eigenvalue weighted by molar-refractivity contribution is 0.189. The summed E-state index contributed by atoms with van der Waals surface area (Å²) < 4.78 is 37.2. The molecule has 0 atom stereocenters. The Morgan fingerprint density at radius 3 is 2.53 bits per heavy atom. The molecule has 0 fully saturated rings. The molecule has 0 spiro atoms. The van der Waals surface area contributed by atoms with Crippen LogP contribution in [0.1, 0.15) is 5.56 Å². The van der Waals surface area contributed by atoms with Crippen molar-refractivity contribution in [1.29, 1.82) is 0 Å². The van der Waals surface area contributed by atoms with Gasteiger partial charge in [0.2, 0.25) is 0 Å². The Labute approximate surface area is 86.2 Å². The van der Waals surface area contributed by atoms with Crippen LogP contribution in [0.4, 0.5) is 18.9 Å². The molecule has 6 heteroatoms. The van der Waals surface area contributed by atoms with Crippen LogP contribution in [0.2, 0.25) is 0 Å². The van der Waals surface area contributed by atoms with Gasteiger partial charge in [-0.2, -0.15) is 0 Å². The van der Waals surface area contributed by atoms with Crippen LogP contribution in [0.3, 0.4) is 0 Å². The van der Waals surface area contributed by atoms with Gasteiger partial charge >= 0.3 is 0 Å². The standard InChI is InChI=1S/C9H8BF3N2/c10-5-1-4(2-7(14)9(12)13)8(15)6(11)3-5/h1-3,9H,14-15H2/b7-2-. The lowest BCUT2D eigenvalue weighted by Crippen LogP contribution is -2.10. The molecule has 0 saturated heterocycles. The summed E-state index contributed by atoms with van der Waals surface area (Å²) in [5.41, 5.74) is 9.53. The van der Waals surface area contributed by atoms with Crippen molar-refractivity contribution >= 4 is 25.1 Å². The first-order chi connectivity index (χ1) is 6.91. The Hall–Kier alpha value is -1.59. The van der Waals surface area contributed by atoms with E-state index >= 15 is 0 Å². The van der Waals surface area contributed by atoms with Crippen molar-refractivity contribution in [1.82, 2.24) is 0 Å². The van der Waals surface area contributed by atoms with E-state index in [1.807, 2.05) is 0 Å². The molecule has 0 amide bonds. The summed E-state index contributed by atoms with van der Waals surface area (Å²) in [5, 5.41) is 0. The highest BCUT2D eigenvalue weighted by molar-refractivity contribution is 6.32. The molecule has 15 heavy (non-hydrogen) atoms. The van der Waals surface area contributed by atoms with Gasteiger partial charge < -0.3 is 11.5 Å². The molecule has 0 heterocycles. The molecule has 1 rings (SSSR count). The van der Waals surface area contributed by atoms with Crippen molar-refractivity contribution in [2.45, 2.75) is 6.43 Å². The lowest BCUT2D eigenvalue weighted by atomic mass is 9.93. The van der Waals surface area contributed by atoms with Gasteiger partial charge in [0.05, 0.1) is 11.4 Å². The predicted octanol–water partition coefficient (Wildman–Crippen LogP) is 0.766. The average molecular weight is 212 g/mol. The number of nitrogens with two attached hydrogens (primary N) is 2. The van der Waals surface area contributed by atoms with Gasteiger partial charge in [-0.15, -0.1) is 0 Å². The number of nitrogen functional groups attached to an aromatic ring is 1. The fourth-order valence-corrected chi connectivity index (χ4v) is 1.02. The van der Waals surface area contributed by atoms with Crippen molar-refractivity contribution in [3.05, 3.63) is 29.2 Å². The minimum atomic E-state index is -2.81. The summed E-state index contributed by atoms with van der Waals surface area (Å²) in [4.78, 5) is 0. The molecule has 0 aliphatic heterocycles. The summed E-state index contributed by atoms with van der Waals surface area (Å²) in [6, 6.07) is 2.28. The fraction of sp³-hybridized carbons (Fsp3) is 0.111. The fourth-order valence-electron chi connectivity index (χ4n) is 1.02. The van der Waals surface area contributed by atoms with E-state index in [0.717, 1.165) is 12.1 Å². The number of hydrogen-bond donors (Lipinski definition) is 2. The molecule has 0 bridgehead atoms. The van der Waals surface area contributed by atoms with E-state index in [9.17, 15) is 13.2 Å². The van der Waals surface area contributed by atoms with E-state index in [0.29, 0.717) is 0 Å². The molecule has 0 aliphatic rings. The summed E-state index contributed by atoms with van der Waals surface area (Å²) >= 11 is 0. The van der Waals surface area contributed by atoms with E-state index in [1.54, 1.807) is 0 Å². The number of alkyl halides is 2. The number of anilines is 1. The Morgan fingerprint density at radius 1 is 1.40 bits per heavy atom. The molecular formula is C9H8BF3N2. The second-order valence-corrected chi connectivity index (χ2v) is 2.95. The van der Waals surface area contributed by atoms with Crippen LogP contribution >= 0.6 is 0 Å². The number of benzene rings is 1. The van der Waals surface area contributed by atoms with Gasteiger partial charge in [0.1, 0.15) is 13.7 Å². The van der Waals surface area contributed by atoms with E-state index in [2.05, 4.69) is 0 Å². The SMILES string of the molecule is [B]c1cc(F)c(N)c(/C=C(\N)C(F)F)c1. The first-order valence-corrected chi connectivity index (χ1v) is 4.01. The summed E-state index contributed by atoms with van der Waals surface area (Å²) in [5.74, 6) is -0.761. The normalized spacial score (nSPS) is 12.1. The van der Waals surface area contributed by atoms with Gasteiger partial charge in [0, 0.05) is 5.56 Å². The third-order valence-electron chi connectivity index (χ3n) is 1.76. The number of rotatable bonds is 2. The summed E-state index contributed by atoms with van der Waals surface area (Å²) in [6.07, 6.45) is -1.91. The molecule has 0 saturated carbocycles. The first kappa shape index (κ1) is 11.5. The Morgan fingerprint density at radius 2 is 2.00 bits per heavy atom. The second-order valence-electron chi connectivity index (χ2n) is 2.95. The third-order valence-corrected chi connectivity index (χ3v) is 1.76. The monoisotopic (exact) mass is 212 g/mol. The van der Waals surface area contributed by atoms with Gasteiger partial charge in [-0.1, -0.05) is 11.5 Å². The van der Waals surface area contributed by atoms with Gasteiger partial charge in [0.15, 0.2) is 0 Å². The maximum atomic E-state index is 13.0. The van der Waals surface area contributed by atoms with Gasteiger partial charge in [-0.3, -0.25) is 0 Å². The van der Waals surface area contributed by atoms with E-state index < -0.39 is 17.9 Å². The number of allylic oxidation sites excluding steroid dienone is 1. The van der Waals surface area contributed by atoms with Crippen molar-refractivity contribution < 1.29 is 13.2 Å². The first-order valence-electron chi connectivity index (χ1n) is 4.01. The van der Waals surface area contributed by atoms with E-state index in [1.165, 1.54) is 6.07 Å². The van der Waals surface area contributed by atoms with Gasteiger partial charge in [0.25, 0.3) is 6.43 Å². The number of halogens is 3. The lowest BCUT2D eigenvalue weighted by Gasteiger charge is -2.06. The zero-order chi connectivity index (χ0) is 11.6. The van der Waals surface area contributed by atoms with Crippen molar-refractivity contribution in [2.24, 2.45) is 5.73 Å². The highest BCUT2D eigenvalue weighted by Gasteiger charge is 2.09. The zero-order valence-corrected chi connectivity index (χ0v) is 7.68.